The van der Waals surface area contributed by atoms with Gasteiger partial charge in [0.1, 0.15) is 11.6 Å². The number of aliphatic carboxylic acids is 1. The Kier molecular flexibility index (Phi) is 7.62. The summed E-state index contributed by atoms with van der Waals surface area (Å²) in [5.41, 5.74) is -0.732. The highest BCUT2D eigenvalue weighted by Crippen LogP contribution is 2.42. The summed E-state index contributed by atoms with van der Waals surface area (Å²) in [5.74, 6) is -1.24. The number of nitrogens with one attached hydrogen (secondary N) is 1. The highest BCUT2D eigenvalue weighted by atomic mass is 32.1. The zero-order valence-electron chi connectivity index (χ0n) is 17.7. The molecule has 1 fully saturated rings. The SMILES string of the molecule is CCC(CNC(C)=O)C[C@@H]1[C@H](c2nccs2)C[C@H](C(=O)O)N1C(=O)OC(C)(C)C. The fourth-order valence-corrected chi connectivity index (χ4v) is 4.53. The van der Waals surface area contributed by atoms with E-state index in [4.69, 9.17) is 4.74 Å². The Balaban J connectivity index is 2.36. The van der Waals surface area contributed by atoms with E-state index in [0.717, 1.165) is 11.4 Å². The second kappa shape index (κ2) is 9.56. The predicted octanol–water partition coefficient (Wildman–Crippen LogP) is 3.24. The number of aromatic nitrogens is 1. The molecular weight excluding hydrogens is 394 g/mol. The number of thiazole rings is 1. The summed E-state index contributed by atoms with van der Waals surface area (Å²) in [6.07, 6.45) is 2.72. The maximum atomic E-state index is 13.0. The minimum atomic E-state index is -1.05. The molecule has 1 saturated heterocycles. The van der Waals surface area contributed by atoms with Crippen molar-refractivity contribution in [3.63, 3.8) is 0 Å². The van der Waals surface area contributed by atoms with Gasteiger partial charge in [-0.05, 0) is 39.5 Å². The zero-order chi connectivity index (χ0) is 21.8. The first-order valence-corrected chi connectivity index (χ1v) is 10.8. The number of rotatable bonds is 7. The molecule has 2 heterocycles. The van der Waals surface area contributed by atoms with Gasteiger partial charge in [0.15, 0.2) is 0 Å². The molecule has 4 atom stereocenters. The molecule has 0 bridgehead atoms. The predicted molar refractivity (Wildman–Crippen MR) is 110 cm³/mol. The van der Waals surface area contributed by atoms with Crippen molar-refractivity contribution in [3.05, 3.63) is 16.6 Å². The van der Waals surface area contributed by atoms with Crippen LogP contribution in [0.5, 0.6) is 0 Å². The Bertz CT molecular complexity index is 716. The number of carboxylic acid groups (broad SMARTS) is 1. The van der Waals surface area contributed by atoms with Gasteiger partial charge < -0.3 is 15.2 Å². The Morgan fingerprint density at radius 1 is 1.41 bits per heavy atom. The van der Waals surface area contributed by atoms with Crippen LogP contribution in [0, 0.1) is 5.92 Å². The third-order valence-corrected chi connectivity index (χ3v) is 5.99. The summed E-state index contributed by atoms with van der Waals surface area (Å²) < 4.78 is 5.55. The van der Waals surface area contributed by atoms with Crippen molar-refractivity contribution < 1.29 is 24.2 Å². The number of ether oxygens (including phenoxy) is 1. The molecular formula is C20H31N3O5S. The van der Waals surface area contributed by atoms with Crippen molar-refractivity contribution in [2.75, 3.05) is 6.54 Å². The Morgan fingerprint density at radius 3 is 2.59 bits per heavy atom. The third kappa shape index (κ3) is 6.16. The zero-order valence-corrected chi connectivity index (χ0v) is 18.5. The van der Waals surface area contributed by atoms with Crippen LogP contribution in [-0.4, -0.2) is 57.2 Å². The monoisotopic (exact) mass is 425 g/mol. The van der Waals surface area contributed by atoms with Gasteiger partial charge in [-0.2, -0.15) is 0 Å². The van der Waals surface area contributed by atoms with E-state index < -0.39 is 23.7 Å². The topological polar surface area (TPSA) is 109 Å². The van der Waals surface area contributed by atoms with Gasteiger partial charge in [-0.1, -0.05) is 13.3 Å². The van der Waals surface area contributed by atoms with Crippen LogP contribution in [0.3, 0.4) is 0 Å². The van der Waals surface area contributed by atoms with Gasteiger partial charge in [-0.25, -0.2) is 14.6 Å². The standard InChI is InChI=1S/C20H31N3O5S/c1-6-13(11-22-12(2)24)9-15-14(17-21-7-8-29-17)10-16(18(25)26)23(15)19(27)28-20(3,4)5/h7-8,13-16H,6,9-11H2,1-5H3,(H,22,24)(H,25,26)/t13?,14-,15-,16-/m1/s1. The molecule has 162 valence electrons. The molecule has 1 aliphatic rings. The van der Waals surface area contributed by atoms with Gasteiger partial charge in [0.25, 0.3) is 0 Å². The van der Waals surface area contributed by atoms with Crippen molar-refractivity contribution >= 4 is 29.3 Å². The second-order valence-corrected chi connectivity index (χ2v) is 9.39. The Labute approximate surface area is 175 Å². The van der Waals surface area contributed by atoms with Gasteiger partial charge in [-0.3, -0.25) is 9.69 Å². The number of carboxylic acids is 1. The third-order valence-electron chi connectivity index (χ3n) is 5.08. The van der Waals surface area contributed by atoms with Crippen molar-refractivity contribution in [1.29, 1.82) is 0 Å². The van der Waals surface area contributed by atoms with Gasteiger partial charge in [0.05, 0.1) is 5.01 Å². The van der Waals surface area contributed by atoms with Gasteiger partial charge in [0.2, 0.25) is 5.91 Å². The molecule has 0 saturated carbocycles. The Hall–Kier alpha value is -2.16. The summed E-state index contributed by atoms with van der Waals surface area (Å²) in [5, 5.41) is 15.3. The number of hydrogen-bond acceptors (Lipinski definition) is 6. The molecule has 2 amide bonds. The molecule has 0 aliphatic carbocycles. The molecule has 0 spiro atoms. The molecule has 9 heteroatoms. The Morgan fingerprint density at radius 2 is 2.10 bits per heavy atom. The molecule has 8 nitrogen and oxygen atoms in total. The summed E-state index contributed by atoms with van der Waals surface area (Å²) >= 11 is 1.46. The lowest BCUT2D eigenvalue weighted by Gasteiger charge is -2.34. The molecule has 1 aromatic heterocycles. The lowest BCUT2D eigenvalue weighted by atomic mass is 9.89. The smallest absolute Gasteiger partial charge is 0.411 e. The van der Waals surface area contributed by atoms with E-state index >= 15 is 0 Å². The maximum absolute atomic E-state index is 13.0. The number of nitrogens with zero attached hydrogens (tertiary/aromatic N) is 2. The quantitative estimate of drug-likeness (QED) is 0.694. The highest BCUT2D eigenvalue weighted by molar-refractivity contribution is 7.09. The fourth-order valence-electron chi connectivity index (χ4n) is 3.72. The first kappa shape index (κ1) is 23.1. The molecule has 1 unspecified atom stereocenters. The highest BCUT2D eigenvalue weighted by Gasteiger charge is 2.50. The van der Waals surface area contributed by atoms with Crippen LogP contribution in [-0.2, 0) is 14.3 Å². The summed E-state index contributed by atoms with van der Waals surface area (Å²) in [4.78, 5) is 42.1. The molecule has 2 rings (SSSR count). The van der Waals surface area contributed by atoms with Gasteiger partial charge in [-0.15, -0.1) is 11.3 Å². The van der Waals surface area contributed by atoms with Crippen molar-refractivity contribution in [2.45, 2.75) is 77.5 Å². The maximum Gasteiger partial charge on any atom is 0.411 e. The van der Waals surface area contributed by atoms with Crippen LogP contribution in [0.25, 0.3) is 0 Å². The van der Waals surface area contributed by atoms with Gasteiger partial charge >= 0.3 is 12.1 Å². The van der Waals surface area contributed by atoms with E-state index in [0.29, 0.717) is 19.4 Å². The van der Waals surface area contributed by atoms with Crippen LogP contribution in [0.15, 0.2) is 11.6 Å². The minimum absolute atomic E-state index is 0.101. The minimum Gasteiger partial charge on any atom is -0.480 e. The number of likely N-dealkylation sites (tertiary alicyclic amines) is 1. The van der Waals surface area contributed by atoms with Crippen LogP contribution in [0.2, 0.25) is 0 Å². The fraction of sp³-hybridized carbons (Fsp3) is 0.700. The lowest BCUT2D eigenvalue weighted by molar-refractivity contribution is -0.142. The van der Waals surface area contributed by atoms with Crippen LogP contribution in [0.1, 0.15) is 64.8 Å². The number of amides is 2. The van der Waals surface area contributed by atoms with E-state index in [1.165, 1.54) is 23.2 Å². The van der Waals surface area contributed by atoms with E-state index in [1.54, 1.807) is 27.0 Å². The molecule has 0 radical (unpaired) electrons. The van der Waals surface area contributed by atoms with E-state index in [9.17, 15) is 19.5 Å². The van der Waals surface area contributed by atoms with Crippen LogP contribution >= 0.6 is 11.3 Å². The van der Waals surface area contributed by atoms with E-state index in [1.807, 2.05) is 12.3 Å². The first-order chi connectivity index (χ1) is 13.5. The number of hydrogen-bond donors (Lipinski definition) is 2. The first-order valence-electron chi connectivity index (χ1n) is 9.91. The van der Waals surface area contributed by atoms with E-state index in [2.05, 4.69) is 10.3 Å². The summed E-state index contributed by atoms with van der Waals surface area (Å²) in [6.45, 7) is 9.24. The van der Waals surface area contributed by atoms with E-state index in [-0.39, 0.29) is 23.8 Å². The molecule has 29 heavy (non-hydrogen) atoms. The summed E-state index contributed by atoms with van der Waals surface area (Å²) in [6, 6.07) is -1.34. The van der Waals surface area contributed by atoms with Crippen LogP contribution < -0.4 is 5.32 Å². The average Bonchev–Trinajstić information content (AvgIpc) is 3.24. The summed E-state index contributed by atoms with van der Waals surface area (Å²) in [7, 11) is 0. The van der Waals surface area contributed by atoms with Crippen molar-refractivity contribution in [3.8, 4) is 0 Å². The normalized spacial score (nSPS) is 22.9. The van der Waals surface area contributed by atoms with Gasteiger partial charge in [0, 0.05) is 37.0 Å². The second-order valence-electron chi connectivity index (χ2n) is 8.47. The van der Waals surface area contributed by atoms with Crippen molar-refractivity contribution in [2.24, 2.45) is 5.92 Å². The molecule has 1 aliphatic heterocycles. The largest absolute Gasteiger partial charge is 0.480 e. The van der Waals surface area contributed by atoms with Crippen LogP contribution in [0.4, 0.5) is 4.79 Å². The molecule has 1 aromatic rings. The average molecular weight is 426 g/mol. The number of carbonyl (C=O) groups excluding carboxylic acids is 2. The molecule has 0 aromatic carbocycles. The number of carbonyl (C=O) groups is 3. The lowest BCUT2D eigenvalue weighted by Crippen LogP contribution is -2.48. The molecule has 2 N–H and O–H groups in total. The van der Waals surface area contributed by atoms with Crippen molar-refractivity contribution in [1.82, 2.24) is 15.2 Å².